The zero-order chi connectivity index (χ0) is 22.2. The summed E-state index contributed by atoms with van der Waals surface area (Å²) in [7, 11) is 0. The van der Waals surface area contributed by atoms with Gasteiger partial charge in [0.1, 0.15) is 0 Å². The second-order valence-corrected chi connectivity index (χ2v) is 9.64. The highest BCUT2D eigenvalue weighted by Gasteiger charge is 2.30. The van der Waals surface area contributed by atoms with Gasteiger partial charge in [-0.15, -0.1) is 0 Å². The summed E-state index contributed by atoms with van der Waals surface area (Å²) < 4.78 is 47.3. The van der Waals surface area contributed by atoms with E-state index in [1.165, 1.54) is 38.5 Å². The van der Waals surface area contributed by atoms with Crippen LogP contribution in [-0.4, -0.2) is 6.61 Å². The quantitative estimate of drug-likeness (QED) is 0.377. The monoisotopic (exact) mass is 436 g/mol. The number of hydrogen-bond acceptors (Lipinski definition) is 1. The number of halogens is 3. The lowest BCUT2D eigenvalue weighted by molar-refractivity contribution is 0.152. The van der Waals surface area contributed by atoms with Gasteiger partial charge in [0.05, 0.1) is 12.4 Å². The van der Waals surface area contributed by atoms with Crippen LogP contribution in [0.1, 0.15) is 90.0 Å². The van der Waals surface area contributed by atoms with Crippen LogP contribution in [0.2, 0.25) is 0 Å². The van der Waals surface area contributed by atoms with Gasteiger partial charge in [-0.1, -0.05) is 25.8 Å². The fourth-order valence-corrected chi connectivity index (χ4v) is 5.70. The summed E-state index contributed by atoms with van der Waals surface area (Å²) >= 11 is 0. The summed E-state index contributed by atoms with van der Waals surface area (Å²) in [5.41, 5.74) is 0.463. The van der Waals surface area contributed by atoms with E-state index in [0.29, 0.717) is 36.8 Å². The lowest BCUT2D eigenvalue weighted by Gasteiger charge is -2.37. The minimum Gasteiger partial charge on any atom is -0.491 e. The van der Waals surface area contributed by atoms with Gasteiger partial charge in [-0.2, -0.15) is 4.39 Å². The molecular weight excluding hydrogens is 397 g/mol. The van der Waals surface area contributed by atoms with Crippen molar-refractivity contribution in [2.75, 3.05) is 6.61 Å². The minimum absolute atomic E-state index is 0.00238. The molecule has 0 aromatic heterocycles. The summed E-state index contributed by atoms with van der Waals surface area (Å²) in [6.07, 6.45) is 14.5. The van der Waals surface area contributed by atoms with Crippen molar-refractivity contribution < 1.29 is 17.9 Å². The molecule has 0 N–H and O–H groups in total. The Labute approximate surface area is 186 Å². The van der Waals surface area contributed by atoms with Gasteiger partial charge < -0.3 is 4.74 Å². The van der Waals surface area contributed by atoms with Crippen molar-refractivity contribution in [3.63, 3.8) is 0 Å². The van der Waals surface area contributed by atoms with Crippen molar-refractivity contribution in [1.29, 1.82) is 0 Å². The van der Waals surface area contributed by atoms with Crippen LogP contribution >= 0.6 is 0 Å². The number of benzene rings is 1. The largest absolute Gasteiger partial charge is 0.491 e. The molecule has 2 fully saturated rings. The van der Waals surface area contributed by atoms with Gasteiger partial charge in [-0.05, 0) is 113 Å². The van der Waals surface area contributed by atoms with E-state index < -0.39 is 11.6 Å². The first-order chi connectivity index (χ1) is 15.0. The molecular formula is C27H39F3O. The summed E-state index contributed by atoms with van der Waals surface area (Å²) in [5, 5.41) is 0. The van der Waals surface area contributed by atoms with Gasteiger partial charge in [-0.3, -0.25) is 0 Å². The third-order valence-electron chi connectivity index (χ3n) is 7.53. The van der Waals surface area contributed by atoms with E-state index in [2.05, 4.69) is 0 Å². The SMILES string of the molecule is CCCC(F)=CC1CCC(C2CCC(CCc3ccc(OCC)c(F)c3F)CC2)CC1. The van der Waals surface area contributed by atoms with Gasteiger partial charge in [0.25, 0.3) is 0 Å². The Morgan fingerprint density at radius 3 is 2.19 bits per heavy atom. The Bertz CT molecular complexity index is 713. The molecule has 0 unspecified atom stereocenters. The predicted molar refractivity (Wildman–Crippen MR) is 121 cm³/mol. The van der Waals surface area contributed by atoms with Crippen molar-refractivity contribution in [2.45, 2.75) is 90.9 Å². The van der Waals surface area contributed by atoms with E-state index in [1.54, 1.807) is 19.1 Å². The van der Waals surface area contributed by atoms with Gasteiger partial charge >= 0.3 is 0 Å². The average Bonchev–Trinajstić information content (AvgIpc) is 2.78. The number of aryl methyl sites for hydroxylation is 1. The molecule has 2 aliphatic carbocycles. The average molecular weight is 437 g/mol. The van der Waals surface area contributed by atoms with Crippen LogP contribution in [0.15, 0.2) is 24.0 Å². The predicted octanol–water partition coefficient (Wildman–Crippen LogP) is 8.56. The van der Waals surface area contributed by atoms with E-state index in [9.17, 15) is 13.2 Å². The second-order valence-electron chi connectivity index (χ2n) is 9.64. The first-order valence-corrected chi connectivity index (χ1v) is 12.5. The molecule has 0 radical (unpaired) electrons. The van der Waals surface area contributed by atoms with Crippen LogP contribution in [0.5, 0.6) is 5.75 Å². The van der Waals surface area contributed by atoms with Crippen LogP contribution in [0.4, 0.5) is 13.2 Å². The van der Waals surface area contributed by atoms with E-state index in [1.807, 2.05) is 13.0 Å². The molecule has 0 spiro atoms. The first-order valence-electron chi connectivity index (χ1n) is 12.5. The topological polar surface area (TPSA) is 9.23 Å². The highest BCUT2D eigenvalue weighted by Crippen LogP contribution is 2.42. The van der Waals surface area contributed by atoms with E-state index >= 15 is 0 Å². The first kappa shape index (κ1) is 24.2. The fraction of sp³-hybridized carbons (Fsp3) is 0.704. The molecule has 2 aliphatic rings. The zero-order valence-electron chi connectivity index (χ0n) is 19.3. The maximum absolute atomic E-state index is 14.3. The Hall–Kier alpha value is -1.45. The smallest absolute Gasteiger partial charge is 0.200 e. The van der Waals surface area contributed by atoms with E-state index in [-0.39, 0.29) is 11.6 Å². The van der Waals surface area contributed by atoms with Gasteiger partial charge in [0.15, 0.2) is 11.6 Å². The molecule has 1 aromatic carbocycles. The highest BCUT2D eigenvalue weighted by atomic mass is 19.2. The lowest BCUT2D eigenvalue weighted by Crippen LogP contribution is -2.25. The highest BCUT2D eigenvalue weighted by molar-refractivity contribution is 5.31. The summed E-state index contributed by atoms with van der Waals surface area (Å²) in [6.45, 7) is 4.11. The fourth-order valence-electron chi connectivity index (χ4n) is 5.70. The third kappa shape index (κ3) is 6.76. The van der Waals surface area contributed by atoms with E-state index in [4.69, 9.17) is 4.74 Å². The number of ether oxygens (including phenoxy) is 1. The molecule has 0 saturated heterocycles. The van der Waals surface area contributed by atoms with Crippen molar-refractivity contribution in [2.24, 2.45) is 23.7 Å². The Morgan fingerprint density at radius 1 is 0.935 bits per heavy atom. The molecule has 0 heterocycles. The van der Waals surface area contributed by atoms with Crippen LogP contribution in [-0.2, 0) is 6.42 Å². The molecule has 31 heavy (non-hydrogen) atoms. The van der Waals surface area contributed by atoms with Gasteiger partial charge in [0.2, 0.25) is 5.82 Å². The number of allylic oxidation sites excluding steroid dienone is 2. The summed E-state index contributed by atoms with van der Waals surface area (Å²) in [6, 6.07) is 3.22. The molecule has 174 valence electrons. The lowest BCUT2D eigenvalue weighted by atomic mass is 9.68. The zero-order valence-corrected chi connectivity index (χ0v) is 19.3. The molecule has 1 nitrogen and oxygen atoms in total. The van der Waals surface area contributed by atoms with Crippen molar-refractivity contribution in [1.82, 2.24) is 0 Å². The summed E-state index contributed by atoms with van der Waals surface area (Å²) in [4.78, 5) is 0. The van der Waals surface area contributed by atoms with Gasteiger partial charge in [0, 0.05) is 0 Å². The third-order valence-corrected chi connectivity index (χ3v) is 7.53. The second kappa shape index (κ2) is 12.0. The van der Waals surface area contributed by atoms with Crippen LogP contribution in [0.25, 0.3) is 0 Å². The molecule has 4 heteroatoms. The maximum atomic E-state index is 14.3. The van der Waals surface area contributed by atoms with Crippen molar-refractivity contribution in [3.8, 4) is 5.75 Å². The van der Waals surface area contributed by atoms with Crippen LogP contribution in [0, 0.1) is 35.3 Å². The molecule has 0 atom stereocenters. The number of hydrogen-bond donors (Lipinski definition) is 0. The van der Waals surface area contributed by atoms with Crippen LogP contribution in [0.3, 0.4) is 0 Å². The molecule has 0 amide bonds. The van der Waals surface area contributed by atoms with Crippen LogP contribution < -0.4 is 4.74 Å². The standard InChI is InChI=1S/C27H39F3O/c1-3-5-24(28)18-20-9-13-22(14-10-20)21-11-6-19(7-12-21)8-15-23-16-17-25(31-4-2)27(30)26(23)29/h16-22H,3-15H2,1-2H3. The molecule has 0 bridgehead atoms. The van der Waals surface area contributed by atoms with Crippen molar-refractivity contribution >= 4 is 0 Å². The molecule has 2 saturated carbocycles. The Morgan fingerprint density at radius 2 is 1.58 bits per heavy atom. The van der Waals surface area contributed by atoms with Crippen molar-refractivity contribution in [3.05, 3.63) is 41.2 Å². The molecule has 3 rings (SSSR count). The van der Waals surface area contributed by atoms with E-state index in [0.717, 1.165) is 37.5 Å². The summed E-state index contributed by atoms with van der Waals surface area (Å²) in [5.74, 6) is 1.09. The Kier molecular flexibility index (Phi) is 9.34. The Balaban J connectivity index is 1.41. The molecule has 1 aromatic rings. The normalized spacial score (nSPS) is 27.3. The molecule has 0 aliphatic heterocycles. The maximum Gasteiger partial charge on any atom is 0.200 e. The number of rotatable bonds is 9. The van der Waals surface area contributed by atoms with Gasteiger partial charge in [-0.25, -0.2) is 8.78 Å². The minimum atomic E-state index is -0.858.